The summed E-state index contributed by atoms with van der Waals surface area (Å²) < 4.78 is 28.2. The number of benzene rings is 2. The minimum Gasteiger partial charge on any atom is -0.333 e. The maximum atomic E-state index is 12.4. The summed E-state index contributed by atoms with van der Waals surface area (Å²) in [7, 11) is -3.58. The molecule has 2 heterocycles. The largest absolute Gasteiger partial charge is 0.333 e. The highest BCUT2D eigenvalue weighted by Gasteiger charge is 2.17. The average Bonchev–Trinajstić information content (AvgIpc) is 3.33. The van der Waals surface area contributed by atoms with Gasteiger partial charge in [-0.2, -0.15) is 0 Å². The Morgan fingerprint density at radius 3 is 2.74 bits per heavy atom. The first-order valence-corrected chi connectivity index (χ1v) is 12.9. The topological polar surface area (TPSA) is 117 Å². The lowest BCUT2D eigenvalue weighted by molar-refractivity contribution is -0.113. The summed E-state index contributed by atoms with van der Waals surface area (Å²) in [6, 6.07) is 12.4. The van der Waals surface area contributed by atoms with Crippen LogP contribution in [0.2, 0.25) is 0 Å². The van der Waals surface area contributed by atoms with E-state index in [4.69, 9.17) is 0 Å². The number of aromatic nitrogens is 3. The maximum absolute atomic E-state index is 12.4. The summed E-state index contributed by atoms with van der Waals surface area (Å²) >= 11 is 2.54. The van der Waals surface area contributed by atoms with Gasteiger partial charge in [-0.3, -0.25) is 4.79 Å². The third-order valence-electron chi connectivity index (χ3n) is 4.31. The molecule has 0 saturated carbocycles. The van der Waals surface area contributed by atoms with Crippen molar-refractivity contribution in [3.63, 3.8) is 0 Å². The Labute approximate surface area is 187 Å². The first-order chi connectivity index (χ1) is 14.8. The molecule has 0 atom stereocenters. The Morgan fingerprint density at radius 2 is 1.97 bits per heavy atom. The van der Waals surface area contributed by atoms with E-state index in [9.17, 15) is 13.2 Å². The first-order valence-electron chi connectivity index (χ1n) is 9.58. The molecule has 0 radical (unpaired) electrons. The number of nitrogens with zero attached hydrogens (tertiary/aromatic N) is 2. The molecular weight excluding hydrogens is 454 g/mol. The van der Waals surface area contributed by atoms with Crippen molar-refractivity contribution in [2.75, 3.05) is 17.6 Å². The molecule has 3 N–H and O–H groups in total. The summed E-state index contributed by atoms with van der Waals surface area (Å²) in [4.78, 5) is 24.5. The number of carbonyl (C=O) groups excluding carboxylic acids is 1. The number of nitrogens with one attached hydrogen (secondary N) is 3. The van der Waals surface area contributed by atoms with Gasteiger partial charge in [-0.05, 0) is 36.2 Å². The van der Waals surface area contributed by atoms with Crippen LogP contribution >= 0.6 is 23.1 Å². The van der Waals surface area contributed by atoms with Crippen molar-refractivity contribution >= 4 is 65.4 Å². The fraction of sp³-hybridized carbons (Fsp3) is 0.250. The van der Waals surface area contributed by atoms with E-state index in [1.165, 1.54) is 29.2 Å². The average molecular weight is 476 g/mol. The van der Waals surface area contributed by atoms with Gasteiger partial charge in [-0.25, -0.2) is 23.1 Å². The number of thiazole rings is 1. The number of imidazole rings is 1. The number of fused-ring (bicyclic) bond motifs is 2. The number of para-hydroxylation sites is 2. The normalized spacial score (nSPS) is 12.1. The van der Waals surface area contributed by atoms with Gasteiger partial charge in [0.25, 0.3) is 0 Å². The van der Waals surface area contributed by atoms with E-state index in [0.717, 1.165) is 11.0 Å². The van der Waals surface area contributed by atoms with Crippen LogP contribution in [-0.4, -0.2) is 41.6 Å². The third kappa shape index (κ3) is 5.24. The highest BCUT2D eigenvalue weighted by molar-refractivity contribution is 7.99. The molecule has 0 aliphatic heterocycles. The Morgan fingerprint density at radius 1 is 1.16 bits per heavy atom. The van der Waals surface area contributed by atoms with E-state index in [2.05, 4.69) is 25.0 Å². The molecule has 31 heavy (non-hydrogen) atoms. The van der Waals surface area contributed by atoms with Crippen LogP contribution in [0.4, 0.5) is 5.13 Å². The number of H-pyrrole nitrogens is 1. The zero-order valence-corrected chi connectivity index (χ0v) is 19.3. The highest BCUT2D eigenvalue weighted by atomic mass is 32.2. The standard InChI is InChI=1S/C20H21N5O3S3/c1-12(2)10-21-31(27,28)13-7-8-16-17(9-13)30-20(24-16)25-18(26)11-29-19-22-14-5-3-4-6-15(14)23-19/h3-9,12,21H,10-11H2,1-2H3,(H,22,23)(H,24,25,26). The maximum Gasteiger partial charge on any atom is 0.240 e. The van der Waals surface area contributed by atoms with Gasteiger partial charge in [0.2, 0.25) is 15.9 Å². The molecule has 8 nitrogen and oxygen atoms in total. The van der Waals surface area contributed by atoms with Crippen LogP contribution in [0.1, 0.15) is 13.8 Å². The van der Waals surface area contributed by atoms with Crippen molar-refractivity contribution in [2.24, 2.45) is 5.92 Å². The molecule has 0 unspecified atom stereocenters. The lowest BCUT2D eigenvalue weighted by atomic mass is 10.2. The monoisotopic (exact) mass is 475 g/mol. The number of rotatable bonds is 8. The van der Waals surface area contributed by atoms with Gasteiger partial charge in [-0.1, -0.05) is 49.1 Å². The quantitative estimate of drug-likeness (QED) is 0.333. The fourth-order valence-corrected chi connectivity index (χ4v) is 5.69. The second-order valence-corrected chi connectivity index (χ2v) is 11.1. The van der Waals surface area contributed by atoms with E-state index < -0.39 is 10.0 Å². The van der Waals surface area contributed by atoms with Gasteiger partial charge in [-0.15, -0.1) is 0 Å². The van der Waals surface area contributed by atoms with Gasteiger partial charge in [0.05, 0.1) is 31.9 Å². The minimum atomic E-state index is -3.58. The predicted octanol–water partition coefficient (Wildman–Crippen LogP) is 3.84. The lowest BCUT2D eigenvalue weighted by Crippen LogP contribution is -2.27. The number of anilines is 1. The van der Waals surface area contributed by atoms with E-state index >= 15 is 0 Å². The lowest BCUT2D eigenvalue weighted by Gasteiger charge is -2.08. The summed E-state index contributed by atoms with van der Waals surface area (Å²) in [5.74, 6) is 0.172. The van der Waals surface area contributed by atoms with Crippen molar-refractivity contribution in [1.82, 2.24) is 19.7 Å². The number of hydrogen-bond acceptors (Lipinski definition) is 7. The molecule has 4 aromatic rings. The number of thioether (sulfide) groups is 1. The van der Waals surface area contributed by atoms with Crippen molar-refractivity contribution in [1.29, 1.82) is 0 Å². The van der Waals surface area contributed by atoms with E-state index in [0.29, 0.717) is 27.0 Å². The smallest absolute Gasteiger partial charge is 0.240 e. The molecule has 0 bridgehead atoms. The molecule has 2 aromatic carbocycles. The van der Waals surface area contributed by atoms with Crippen molar-refractivity contribution in [3.05, 3.63) is 42.5 Å². The predicted molar refractivity (Wildman–Crippen MR) is 125 cm³/mol. The molecule has 2 aromatic heterocycles. The SMILES string of the molecule is CC(C)CNS(=O)(=O)c1ccc2nc(NC(=O)CSc3nc4ccccc4[nH]3)sc2c1. The molecule has 162 valence electrons. The van der Waals surface area contributed by atoms with Gasteiger partial charge in [0.1, 0.15) is 0 Å². The first kappa shape index (κ1) is 21.8. The van der Waals surface area contributed by atoms with E-state index in [-0.39, 0.29) is 22.5 Å². The number of hydrogen-bond donors (Lipinski definition) is 3. The molecular formula is C20H21N5O3S3. The zero-order chi connectivity index (χ0) is 22.0. The molecule has 11 heteroatoms. The second kappa shape index (κ2) is 8.95. The van der Waals surface area contributed by atoms with Crippen molar-refractivity contribution < 1.29 is 13.2 Å². The minimum absolute atomic E-state index is 0.175. The molecule has 1 amide bonds. The van der Waals surface area contributed by atoms with E-state index in [1.54, 1.807) is 12.1 Å². The Kier molecular flexibility index (Phi) is 6.28. The summed E-state index contributed by atoms with van der Waals surface area (Å²) in [5.41, 5.74) is 2.41. The number of sulfonamides is 1. The zero-order valence-electron chi connectivity index (χ0n) is 16.9. The van der Waals surface area contributed by atoms with Gasteiger partial charge < -0.3 is 10.3 Å². The van der Waals surface area contributed by atoms with Gasteiger partial charge in [0, 0.05) is 6.54 Å². The van der Waals surface area contributed by atoms with Crippen molar-refractivity contribution in [2.45, 2.75) is 23.9 Å². The van der Waals surface area contributed by atoms with Crippen LogP contribution in [0.15, 0.2) is 52.5 Å². The number of amides is 1. The molecule has 0 aliphatic carbocycles. The van der Waals surface area contributed by atoms with Gasteiger partial charge >= 0.3 is 0 Å². The Bertz CT molecular complexity index is 1310. The van der Waals surface area contributed by atoms with E-state index in [1.807, 2.05) is 38.1 Å². The third-order valence-corrected chi connectivity index (χ3v) is 7.53. The Hall–Kier alpha value is -2.47. The summed E-state index contributed by atoms with van der Waals surface area (Å²) in [5, 5.41) is 3.87. The van der Waals surface area contributed by atoms with Crippen LogP contribution in [0, 0.1) is 5.92 Å². The fourth-order valence-electron chi connectivity index (χ4n) is 2.77. The van der Waals surface area contributed by atoms with Crippen LogP contribution < -0.4 is 10.0 Å². The van der Waals surface area contributed by atoms with Crippen LogP contribution in [0.3, 0.4) is 0 Å². The van der Waals surface area contributed by atoms with Crippen LogP contribution in [-0.2, 0) is 14.8 Å². The van der Waals surface area contributed by atoms with Crippen LogP contribution in [0.5, 0.6) is 0 Å². The van der Waals surface area contributed by atoms with Crippen LogP contribution in [0.25, 0.3) is 21.3 Å². The molecule has 0 spiro atoms. The molecule has 0 aliphatic rings. The molecule has 0 saturated heterocycles. The molecule has 4 rings (SSSR count). The van der Waals surface area contributed by atoms with Crippen molar-refractivity contribution in [3.8, 4) is 0 Å². The molecule has 0 fully saturated rings. The highest BCUT2D eigenvalue weighted by Crippen LogP contribution is 2.28. The van der Waals surface area contributed by atoms with Gasteiger partial charge in [0.15, 0.2) is 10.3 Å². The summed E-state index contributed by atoms with van der Waals surface area (Å²) in [6.45, 7) is 4.25. The second-order valence-electron chi connectivity index (χ2n) is 7.29. The number of aromatic amines is 1. The number of carbonyl (C=O) groups is 1. The summed E-state index contributed by atoms with van der Waals surface area (Å²) in [6.07, 6.45) is 0. The Balaban J connectivity index is 1.41.